The van der Waals surface area contributed by atoms with Gasteiger partial charge in [0.15, 0.2) is 12.6 Å². The number of carbonyl (C=O) groups is 1. The molecule has 1 amide bonds. The zero-order valence-corrected chi connectivity index (χ0v) is 48.4. The van der Waals surface area contributed by atoms with Crippen molar-refractivity contribution < 1.29 is 62.0 Å². The van der Waals surface area contributed by atoms with Gasteiger partial charge in [0.1, 0.15) is 55.4 Å². The van der Waals surface area contributed by atoms with Crippen LogP contribution >= 0.6 is 0 Å². The minimum atomic E-state index is -1.29. The summed E-state index contributed by atoms with van der Waals surface area (Å²) in [5.74, 6) is 0. The fraction of sp³-hybridized carbons (Fsp3) is 0.319. The molecule has 0 aromatic heterocycles. The Balaban J connectivity index is 0.974. The highest BCUT2D eigenvalue weighted by molar-refractivity contribution is 5.67. The minimum absolute atomic E-state index is 0.0192. The number of amides is 1. The fourth-order valence-corrected chi connectivity index (χ4v) is 10.5. The third-order valence-corrected chi connectivity index (χ3v) is 15.0. The lowest BCUT2D eigenvalue weighted by Crippen LogP contribution is -2.66. The van der Waals surface area contributed by atoms with E-state index in [2.05, 4.69) is 0 Å². The number of nitrogens with zero attached hydrogens (tertiary/aromatic N) is 1. The van der Waals surface area contributed by atoms with Crippen molar-refractivity contribution in [3.05, 3.63) is 287 Å². The fourth-order valence-electron chi connectivity index (χ4n) is 10.5. The zero-order chi connectivity index (χ0) is 58.8. The van der Waals surface area contributed by atoms with Gasteiger partial charge in [-0.1, -0.05) is 243 Å². The Bertz CT molecular complexity index is 3120. The standard InChI is InChI=1S/C72H77NO13/c74-64-65(79-47-57-32-15-4-16-33-57)62(52-76-45-55-28-11-2-12-29-55)85-71(67(64)80-48-58-34-17-5-18-35-58)86-66-63(53-77-46-56-30-13-3-14-31-56)84-70(69(82-50-60-38-21-7-22-39-60)68(66)81-49-59-36-19-6-20-37-59)78-43-25-42-73(44-54-26-9-1-10-27-54)72(75)83-51-61-40-23-8-24-41-61/h1-24,26-41,62-71,74H,25,42-53H2/t62-,63-,64+,65+,66-,67-,68+,69-,70-,71+/m1/s1. The molecule has 2 aliphatic rings. The van der Waals surface area contributed by atoms with E-state index in [0.29, 0.717) is 26.1 Å². The lowest BCUT2D eigenvalue weighted by molar-refractivity contribution is -0.375. The molecule has 1 N–H and O–H groups in total. The number of benzene rings is 8. The van der Waals surface area contributed by atoms with Crippen molar-refractivity contribution in [2.45, 2.75) is 121 Å². The van der Waals surface area contributed by atoms with Crippen LogP contribution in [0.2, 0.25) is 0 Å². The first-order chi connectivity index (χ1) is 42.5. The number of carbonyl (C=O) groups excluding carboxylic acids is 1. The molecule has 86 heavy (non-hydrogen) atoms. The van der Waals surface area contributed by atoms with Gasteiger partial charge in [-0.05, 0) is 50.9 Å². The van der Waals surface area contributed by atoms with Gasteiger partial charge in [0.25, 0.3) is 0 Å². The predicted octanol–water partition coefficient (Wildman–Crippen LogP) is 12.2. The van der Waals surface area contributed by atoms with E-state index in [1.165, 1.54) is 0 Å². The molecule has 2 saturated heterocycles. The molecule has 0 radical (unpaired) electrons. The zero-order valence-electron chi connectivity index (χ0n) is 48.4. The van der Waals surface area contributed by atoms with Crippen LogP contribution in [-0.4, -0.2) is 104 Å². The number of rotatable bonds is 31. The Kier molecular flexibility index (Phi) is 24.0. The molecule has 2 heterocycles. The Hall–Kier alpha value is -7.41. The third kappa shape index (κ3) is 18.8. The van der Waals surface area contributed by atoms with Crippen molar-refractivity contribution in [1.82, 2.24) is 4.90 Å². The summed E-state index contributed by atoms with van der Waals surface area (Å²) < 4.78 is 75.0. The van der Waals surface area contributed by atoms with Crippen LogP contribution in [0.5, 0.6) is 0 Å². The molecule has 2 fully saturated rings. The lowest BCUT2D eigenvalue weighted by atomic mass is 9.96. The Morgan fingerprint density at radius 2 is 0.721 bits per heavy atom. The van der Waals surface area contributed by atoms with Gasteiger partial charge in [0, 0.05) is 13.1 Å². The summed E-state index contributed by atoms with van der Waals surface area (Å²) in [4.78, 5) is 15.6. The lowest BCUT2D eigenvalue weighted by Gasteiger charge is -2.49. The van der Waals surface area contributed by atoms with Gasteiger partial charge in [0.05, 0.1) is 59.5 Å². The molecule has 0 saturated carbocycles. The van der Waals surface area contributed by atoms with E-state index in [-0.39, 0.29) is 59.5 Å². The molecular weight excluding hydrogens is 1090 g/mol. The Labute approximate surface area is 505 Å². The first kappa shape index (κ1) is 61.7. The molecule has 0 spiro atoms. The monoisotopic (exact) mass is 1160 g/mol. The highest BCUT2D eigenvalue weighted by atomic mass is 16.8. The Morgan fingerprint density at radius 1 is 0.372 bits per heavy atom. The van der Waals surface area contributed by atoms with E-state index in [1.54, 1.807) is 4.90 Å². The van der Waals surface area contributed by atoms with Gasteiger partial charge in [-0.15, -0.1) is 0 Å². The number of hydrogen-bond acceptors (Lipinski definition) is 13. The van der Waals surface area contributed by atoms with Crippen LogP contribution in [0.25, 0.3) is 0 Å². The van der Waals surface area contributed by atoms with E-state index < -0.39 is 67.5 Å². The average molecular weight is 1160 g/mol. The van der Waals surface area contributed by atoms with Crippen LogP contribution < -0.4 is 0 Å². The van der Waals surface area contributed by atoms with Crippen LogP contribution in [0.4, 0.5) is 4.79 Å². The van der Waals surface area contributed by atoms with E-state index in [9.17, 15) is 9.90 Å². The molecule has 10 rings (SSSR count). The van der Waals surface area contributed by atoms with E-state index >= 15 is 0 Å². The van der Waals surface area contributed by atoms with Gasteiger partial charge in [-0.25, -0.2) is 4.79 Å². The second-order valence-electron chi connectivity index (χ2n) is 21.4. The van der Waals surface area contributed by atoms with Gasteiger partial charge < -0.3 is 62.1 Å². The van der Waals surface area contributed by atoms with E-state index in [0.717, 1.165) is 44.5 Å². The molecule has 8 aromatic carbocycles. The first-order valence-corrected chi connectivity index (χ1v) is 29.6. The van der Waals surface area contributed by atoms with Gasteiger partial charge in [0.2, 0.25) is 0 Å². The molecule has 2 aliphatic heterocycles. The third-order valence-electron chi connectivity index (χ3n) is 15.0. The summed E-state index contributed by atoms with van der Waals surface area (Å²) >= 11 is 0. The van der Waals surface area contributed by atoms with Crippen molar-refractivity contribution in [2.75, 3.05) is 26.4 Å². The second kappa shape index (κ2) is 33.5. The molecule has 14 nitrogen and oxygen atoms in total. The molecule has 448 valence electrons. The normalized spacial score (nSPS) is 22.0. The summed E-state index contributed by atoms with van der Waals surface area (Å²) in [6.07, 6.45) is -10.3. The van der Waals surface area contributed by atoms with Crippen molar-refractivity contribution in [3.63, 3.8) is 0 Å². The quantitative estimate of drug-likeness (QED) is 0.0412. The average Bonchev–Trinajstić information content (AvgIpc) is 1.42. The number of hydrogen-bond donors (Lipinski definition) is 1. The van der Waals surface area contributed by atoms with Crippen LogP contribution in [-0.2, 0) is 105 Å². The molecule has 8 aromatic rings. The summed E-state index contributed by atoms with van der Waals surface area (Å²) in [7, 11) is 0. The maximum absolute atomic E-state index is 13.9. The molecular formula is C72H77NO13. The topological polar surface area (TPSA) is 142 Å². The summed E-state index contributed by atoms with van der Waals surface area (Å²) in [6, 6.07) is 78.5. The predicted molar refractivity (Wildman–Crippen MR) is 325 cm³/mol. The molecule has 0 bridgehead atoms. The van der Waals surface area contributed by atoms with Crippen LogP contribution in [0, 0.1) is 0 Å². The first-order valence-electron chi connectivity index (χ1n) is 29.6. The highest BCUT2D eigenvalue weighted by Crippen LogP contribution is 2.36. The molecule has 0 unspecified atom stereocenters. The summed E-state index contributed by atoms with van der Waals surface area (Å²) in [6.45, 7) is 2.20. The Morgan fingerprint density at radius 3 is 1.16 bits per heavy atom. The van der Waals surface area contributed by atoms with Crippen LogP contribution in [0.15, 0.2) is 243 Å². The summed E-state index contributed by atoms with van der Waals surface area (Å²) in [5, 5.41) is 12.9. The smallest absolute Gasteiger partial charge is 0.410 e. The van der Waals surface area contributed by atoms with Crippen molar-refractivity contribution in [1.29, 1.82) is 0 Å². The van der Waals surface area contributed by atoms with Crippen molar-refractivity contribution >= 4 is 6.09 Å². The van der Waals surface area contributed by atoms with E-state index in [4.69, 9.17) is 52.1 Å². The molecule has 10 atom stereocenters. The van der Waals surface area contributed by atoms with Gasteiger partial charge in [-0.3, -0.25) is 0 Å². The van der Waals surface area contributed by atoms with Gasteiger partial charge in [-0.2, -0.15) is 0 Å². The van der Waals surface area contributed by atoms with Crippen LogP contribution in [0.1, 0.15) is 50.9 Å². The van der Waals surface area contributed by atoms with Crippen LogP contribution in [0.3, 0.4) is 0 Å². The summed E-state index contributed by atoms with van der Waals surface area (Å²) in [5.41, 5.74) is 7.41. The highest BCUT2D eigenvalue weighted by Gasteiger charge is 2.54. The maximum Gasteiger partial charge on any atom is 0.410 e. The van der Waals surface area contributed by atoms with E-state index in [1.807, 2.05) is 243 Å². The minimum Gasteiger partial charge on any atom is -0.445 e. The SMILES string of the molecule is O=C(OCc1ccccc1)N(CCCO[C@@H]1O[C@H](COCc2ccccc2)[C@@H](O[C@@H]2O[C@H](COCc3ccccc3)[C@H](OCc3ccccc3)[C@H](O)[C@H]2OCc2ccccc2)[C@H](OCc2ccccc2)[C@H]1OCc1ccccc1)Cc1ccccc1. The number of aliphatic hydroxyl groups is 1. The molecule has 0 aliphatic carbocycles. The largest absolute Gasteiger partial charge is 0.445 e. The number of ether oxygens (including phenoxy) is 11. The van der Waals surface area contributed by atoms with Crippen molar-refractivity contribution in [2.24, 2.45) is 0 Å². The maximum atomic E-state index is 13.9. The van der Waals surface area contributed by atoms with Gasteiger partial charge >= 0.3 is 6.09 Å². The molecule has 14 heteroatoms. The number of aliphatic hydroxyl groups excluding tert-OH is 1. The van der Waals surface area contributed by atoms with Crippen molar-refractivity contribution in [3.8, 4) is 0 Å². The second-order valence-corrected chi connectivity index (χ2v) is 21.4.